The third-order valence-electron chi connectivity index (χ3n) is 2.81. The summed E-state index contributed by atoms with van der Waals surface area (Å²) in [4.78, 5) is 11.6. The normalized spacial score (nSPS) is 10.5. The van der Waals surface area contributed by atoms with Crippen LogP contribution in [-0.4, -0.2) is 16.1 Å². The van der Waals surface area contributed by atoms with E-state index in [1.807, 2.05) is 18.2 Å². The van der Waals surface area contributed by atoms with Crippen LogP contribution < -0.4 is 5.32 Å². The first-order valence-corrected chi connectivity index (χ1v) is 8.99. The van der Waals surface area contributed by atoms with E-state index in [0.717, 1.165) is 29.4 Å². The third-order valence-corrected chi connectivity index (χ3v) is 4.84. The van der Waals surface area contributed by atoms with Gasteiger partial charge in [-0.2, -0.15) is 0 Å². The minimum absolute atomic E-state index is 0.0245. The Morgan fingerprint density at radius 1 is 1.24 bits per heavy atom. The average Bonchev–Trinajstić information content (AvgIpc) is 2.93. The predicted octanol–water partition coefficient (Wildman–Crippen LogP) is 4.10. The number of hydrogen-bond acceptors (Lipinski definition) is 5. The maximum Gasteiger partial charge on any atom is 0.226 e. The second kappa shape index (κ2) is 8.79. The van der Waals surface area contributed by atoms with Gasteiger partial charge in [0.25, 0.3) is 0 Å². The first-order valence-electron chi connectivity index (χ1n) is 7.02. The maximum absolute atomic E-state index is 11.6. The van der Waals surface area contributed by atoms with Crippen LogP contribution in [0.4, 0.5) is 5.13 Å². The molecule has 6 heteroatoms. The van der Waals surface area contributed by atoms with Crippen LogP contribution in [-0.2, 0) is 16.3 Å². The van der Waals surface area contributed by atoms with Crippen molar-refractivity contribution in [3.8, 4) is 0 Å². The van der Waals surface area contributed by atoms with Crippen molar-refractivity contribution in [2.75, 3.05) is 5.32 Å². The summed E-state index contributed by atoms with van der Waals surface area (Å²) in [5.41, 5.74) is 1.31. The smallest absolute Gasteiger partial charge is 0.226 e. The average molecular weight is 321 g/mol. The highest BCUT2D eigenvalue weighted by atomic mass is 32.2. The SMILES string of the molecule is CCCCC(=O)Nc1nnc(CSCc2ccccc2)s1. The number of benzene rings is 1. The van der Waals surface area contributed by atoms with Crippen molar-refractivity contribution in [2.24, 2.45) is 0 Å². The number of carbonyl (C=O) groups is 1. The molecule has 0 saturated heterocycles. The van der Waals surface area contributed by atoms with E-state index >= 15 is 0 Å². The third kappa shape index (κ3) is 5.85. The summed E-state index contributed by atoms with van der Waals surface area (Å²) in [6, 6.07) is 10.3. The molecule has 0 unspecified atom stereocenters. The fraction of sp³-hybridized carbons (Fsp3) is 0.400. The van der Waals surface area contributed by atoms with Gasteiger partial charge in [0.05, 0.1) is 0 Å². The van der Waals surface area contributed by atoms with E-state index in [0.29, 0.717) is 11.6 Å². The summed E-state index contributed by atoms with van der Waals surface area (Å²) in [6.45, 7) is 2.07. The highest BCUT2D eigenvalue weighted by Gasteiger charge is 2.07. The van der Waals surface area contributed by atoms with Crippen LogP contribution in [0.2, 0.25) is 0 Å². The Morgan fingerprint density at radius 2 is 2.05 bits per heavy atom. The van der Waals surface area contributed by atoms with Crippen LogP contribution in [0, 0.1) is 0 Å². The molecule has 0 spiro atoms. The number of nitrogens with one attached hydrogen (secondary N) is 1. The lowest BCUT2D eigenvalue weighted by molar-refractivity contribution is -0.116. The Morgan fingerprint density at radius 3 is 2.81 bits per heavy atom. The molecule has 0 aliphatic heterocycles. The Labute approximate surface area is 133 Å². The summed E-state index contributed by atoms with van der Waals surface area (Å²) >= 11 is 3.26. The number of unbranched alkanes of at least 4 members (excludes halogenated alkanes) is 1. The molecule has 2 rings (SSSR count). The number of anilines is 1. The van der Waals surface area contributed by atoms with Gasteiger partial charge >= 0.3 is 0 Å². The number of rotatable bonds is 8. The van der Waals surface area contributed by atoms with E-state index < -0.39 is 0 Å². The molecule has 112 valence electrons. The van der Waals surface area contributed by atoms with Gasteiger partial charge in [0, 0.05) is 17.9 Å². The van der Waals surface area contributed by atoms with Gasteiger partial charge in [-0.05, 0) is 12.0 Å². The van der Waals surface area contributed by atoms with Crippen molar-refractivity contribution in [3.63, 3.8) is 0 Å². The highest BCUT2D eigenvalue weighted by Crippen LogP contribution is 2.22. The van der Waals surface area contributed by atoms with Gasteiger partial charge in [-0.1, -0.05) is 55.0 Å². The lowest BCUT2D eigenvalue weighted by Crippen LogP contribution is -2.10. The molecule has 4 nitrogen and oxygen atoms in total. The van der Waals surface area contributed by atoms with E-state index in [4.69, 9.17) is 0 Å². The van der Waals surface area contributed by atoms with Crippen LogP contribution in [0.3, 0.4) is 0 Å². The summed E-state index contributed by atoms with van der Waals surface area (Å²) in [7, 11) is 0. The second-order valence-electron chi connectivity index (χ2n) is 4.63. The van der Waals surface area contributed by atoms with Gasteiger partial charge in [0.1, 0.15) is 5.01 Å². The van der Waals surface area contributed by atoms with Crippen molar-refractivity contribution >= 4 is 34.1 Å². The van der Waals surface area contributed by atoms with E-state index in [9.17, 15) is 4.79 Å². The van der Waals surface area contributed by atoms with Gasteiger partial charge < -0.3 is 5.32 Å². The molecule has 1 amide bonds. The van der Waals surface area contributed by atoms with E-state index in [1.165, 1.54) is 16.9 Å². The zero-order valence-corrected chi connectivity index (χ0v) is 13.7. The summed E-state index contributed by atoms with van der Waals surface area (Å²) < 4.78 is 0. The maximum atomic E-state index is 11.6. The molecule has 1 N–H and O–H groups in total. The molecule has 0 aliphatic rings. The Kier molecular flexibility index (Phi) is 6.69. The lowest BCUT2D eigenvalue weighted by Gasteiger charge is -1.99. The van der Waals surface area contributed by atoms with Crippen LogP contribution in [0.25, 0.3) is 0 Å². The minimum atomic E-state index is 0.0245. The van der Waals surface area contributed by atoms with Crippen molar-refractivity contribution in [1.82, 2.24) is 10.2 Å². The molecule has 2 aromatic rings. The van der Waals surface area contributed by atoms with Crippen molar-refractivity contribution in [3.05, 3.63) is 40.9 Å². The quantitative estimate of drug-likeness (QED) is 0.795. The molecular weight excluding hydrogens is 302 g/mol. The number of carbonyl (C=O) groups excluding carboxylic acids is 1. The number of amides is 1. The second-order valence-corrected chi connectivity index (χ2v) is 6.68. The largest absolute Gasteiger partial charge is 0.301 e. The summed E-state index contributed by atoms with van der Waals surface area (Å²) in [6.07, 6.45) is 2.48. The Hall–Kier alpha value is -1.40. The highest BCUT2D eigenvalue weighted by molar-refractivity contribution is 7.97. The van der Waals surface area contributed by atoms with Gasteiger partial charge in [0.2, 0.25) is 11.0 Å². The fourth-order valence-corrected chi connectivity index (χ4v) is 3.51. The lowest BCUT2D eigenvalue weighted by atomic mass is 10.2. The van der Waals surface area contributed by atoms with Gasteiger partial charge in [-0.25, -0.2) is 0 Å². The molecule has 0 atom stereocenters. The molecule has 0 aliphatic carbocycles. The number of hydrogen-bond donors (Lipinski definition) is 1. The Bertz CT molecular complexity index is 557. The van der Waals surface area contributed by atoms with E-state index in [-0.39, 0.29) is 5.91 Å². The Balaban J connectivity index is 1.74. The standard InChI is InChI=1S/C15H19N3OS2/c1-2-3-9-13(19)16-15-18-17-14(21-15)11-20-10-12-7-5-4-6-8-12/h4-8H,2-3,9-11H2,1H3,(H,16,18,19). The van der Waals surface area contributed by atoms with Gasteiger partial charge in [0.15, 0.2) is 0 Å². The van der Waals surface area contributed by atoms with Gasteiger partial charge in [-0.3, -0.25) is 4.79 Å². The zero-order chi connectivity index (χ0) is 14.9. The monoisotopic (exact) mass is 321 g/mol. The van der Waals surface area contributed by atoms with Crippen molar-refractivity contribution in [1.29, 1.82) is 0 Å². The minimum Gasteiger partial charge on any atom is -0.301 e. The molecule has 0 radical (unpaired) electrons. The number of thioether (sulfide) groups is 1. The van der Waals surface area contributed by atoms with Crippen molar-refractivity contribution < 1.29 is 4.79 Å². The van der Waals surface area contributed by atoms with Crippen LogP contribution >= 0.6 is 23.1 Å². The number of aromatic nitrogens is 2. The van der Waals surface area contributed by atoms with Crippen LogP contribution in [0.15, 0.2) is 30.3 Å². The first kappa shape index (κ1) is 16.0. The van der Waals surface area contributed by atoms with Gasteiger partial charge in [-0.15, -0.1) is 22.0 Å². The molecule has 1 aromatic carbocycles. The molecule has 1 aromatic heterocycles. The zero-order valence-electron chi connectivity index (χ0n) is 12.0. The predicted molar refractivity (Wildman–Crippen MR) is 89.5 cm³/mol. The topological polar surface area (TPSA) is 54.9 Å². The number of nitrogens with zero attached hydrogens (tertiary/aromatic N) is 2. The first-order chi connectivity index (χ1) is 10.3. The van der Waals surface area contributed by atoms with E-state index in [2.05, 4.69) is 34.6 Å². The molecular formula is C15H19N3OS2. The molecule has 21 heavy (non-hydrogen) atoms. The molecule has 0 fully saturated rings. The molecule has 1 heterocycles. The fourth-order valence-electron chi connectivity index (χ4n) is 1.71. The molecule has 0 bridgehead atoms. The van der Waals surface area contributed by atoms with Crippen molar-refractivity contribution in [2.45, 2.75) is 37.7 Å². The van der Waals surface area contributed by atoms with Crippen LogP contribution in [0.1, 0.15) is 36.8 Å². The summed E-state index contributed by atoms with van der Waals surface area (Å²) in [5.74, 6) is 1.80. The summed E-state index contributed by atoms with van der Waals surface area (Å²) in [5, 5.41) is 12.5. The van der Waals surface area contributed by atoms with E-state index in [1.54, 1.807) is 11.8 Å². The molecule has 0 saturated carbocycles. The van der Waals surface area contributed by atoms with Crippen LogP contribution in [0.5, 0.6) is 0 Å².